The Morgan fingerprint density at radius 2 is 1.86 bits per heavy atom. The third-order valence-electron chi connectivity index (χ3n) is 4.43. The second kappa shape index (κ2) is 7.51. The lowest BCUT2D eigenvalue weighted by atomic mass is 9.98. The van der Waals surface area contributed by atoms with E-state index in [0.29, 0.717) is 6.42 Å². The van der Waals surface area contributed by atoms with E-state index in [1.54, 1.807) is 7.05 Å². The molecule has 1 saturated heterocycles. The number of halogens is 4. The number of amides is 1. The van der Waals surface area contributed by atoms with E-state index in [9.17, 15) is 30.8 Å². The summed E-state index contributed by atoms with van der Waals surface area (Å²) in [4.78, 5) is 12.3. The number of carbonyl (C=O) groups is 1. The summed E-state index contributed by atoms with van der Waals surface area (Å²) in [5, 5.41) is 5.64. The predicted molar refractivity (Wildman–Crippen MR) is 89.6 cm³/mol. The molecule has 0 aliphatic carbocycles. The molecule has 2 heterocycles. The molecule has 0 radical (unpaired) electrons. The van der Waals surface area contributed by atoms with E-state index in [-0.39, 0.29) is 30.5 Å². The van der Waals surface area contributed by atoms with Crippen LogP contribution in [-0.4, -0.2) is 41.5 Å². The van der Waals surface area contributed by atoms with Crippen molar-refractivity contribution < 1.29 is 30.8 Å². The molecule has 152 valence electrons. The van der Waals surface area contributed by atoms with Crippen molar-refractivity contribution in [1.82, 2.24) is 14.1 Å². The van der Waals surface area contributed by atoms with Crippen molar-refractivity contribution in [2.45, 2.75) is 17.7 Å². The average Bonchev–Trinajstić information content (AvgIpc) is 3.11. The largest absolute Gasteiger partial charge is 0.321 e. The van der Waals surface area contributed by atoms with Gasteiger partial charge < -0.3 is 5.32 Å². The number of benzene rings is 1. The summed E-state index contributed by atoms with van der Waals surface area (Å²) in [5.74, 6) is -8.66. The molecule has 0 bridgehead atoms. The van der Waals surface area contributed by atoms with E-state index in [0.717, 1.165) is 4.31 Å². The summed E-state index contributed by atoms with van der Waals surface area (Å²) in [7, 11) is -2.36. The lowest BCUT2D eigenvalue weighted by molar-refractivity contribution is -0.120. The van der Waals surface area contributed by atoms with Crippen LogP contribution in [0.4, 0.5) is 23.2 Å². The Morgan fingerprint density at radius 3 is 2.43 bits per heavy atom. The maximum atomic E-state index is 13.7. The molecule has 1 atom stereocenters. The Bertz CT molecular complexity index is 999. The van der Waals surface area contributed by atoms with E-state index >= 15 is 0 Å². The number of hydrogen-bond donors (Lipinski definition) is 1. The van der Waals surface area contributed by atoms with Crippen LogP contribution in [0.15, 0.2) is 23.4 Å². The van der Waals surface area contributed by atoms with Gasteiger partial charge in [-0.05, 0) is 12.8 Å². The van der Waals surface area contributed by atoms with Crippen LogP contribution in [0.2, 0.25) is 0 Å². The number of hydrogen-bond acceptors (Lipinski definition) is 4. The molecule has 0 saturated carbocycles. The Labute approximate surface area is 158 Å². The Kier molecular flexibility index (Phi) is 5.44. The normalized spacial score (nSPS) is 18.2. The van der Waals surface area contributed by atoms with E-state index in [2.05, 4.69) is 5.10 Å². The number of carbonyl (C=O) groups excluding carboxylic acids is 1. The monoisotopic (exact) mass is 420 g/mol. The summed E-state index contributed by atoms with van der Waals surface area (Å²) in [5.41, 5.74) is -1.24. The number of sulfonamides is 1. The molecule has 0 spiro atoms. The number of aromatic nitrogens is 2. The van der Waals surface area contributed by atoms with Crippen LogP contribution in [-0.2, 0) is 21.9 Å². The van der Waals surface area contributed by atoms with Crippen molar-refractivity contribution >= 4 is 21.6 Å². The zero-order valence-corrected chi connectivity index (χ0v) is 15.4. The van der Waals surface area contributed by atoms with Gasteiger partial charge in [0.1, 0.15) is 10.6 Å². The SMILES string of the molecule is Cn1cc(S(=O)(=O)N2CCC[C@@H](C(=O)Nc3c(F)c(F)cc(F)c3F)C2)cn1. The third-order valence-corrected chi connectivity index (χ3v) is 6.25. The van der Waals surface area contributed by atoms with Crippen molar-refractivity contribution in [2.24, 2.45) is 13.0 Å². The van der Waals surface area contributed by atoms with Crippen molar-refractivity contribution in [3.8, 4) is 0 Å². The molecule has 1 N–H and O–H groups in total. The molecule has 1 aromatic heterocycles. The first-order chi connectivity index (χ1) is 13.1. The van der Waals surface area contributed by atoms with Crippen molar-refractivity contribution in [2.75, 3.05) is 18.4 Å². The predicted octanol–water partition coefficient (Wildman–Crippen LogP) is 2.02. The minimum Gasteiger partial charge on any atom is -0.321 e. The number of piperidine rings is 1. The molecule has 1 aliphatic heterocycles. The highest BCUT2D eigenvalue weighted by Gasteiger charge is 2.34. The van der Waals surface area contributed by atoms with Gasteiger partial charge >= 0.3 is 0 Å². The summed E-state index contributed by atoms with van der Waals surface area (Å²) >= 11 is 0. The van der Waals surface area contributed by atoms with Gasteiger partial charge in [-0.2, -0.15) is 9.40 Å². The summed E-state index contributed by atoms with van der Waals surface area (Å²) in [6.07, 6.45) is 3.03. The molecular weight excluding hydrogens is 404 g/mol. The number of rotatable bonds is 4. The minimum absolute atomic E-state index is 0.0309. The van der Waals surface area contributed by atoms with E-state index in [4.69, 9.17) is 0 Å². The Hall–Kier alpha value is -2.47. The molecule has 28 heavy (non-hydrogen) atoms. The van der Waals surface area contributed by atoms with Crippen LogP contribution in [0.5, 0.6) is 0 Å². The van der Waals surface area contributed by atoms with Crippen LogP contribution in [0.25, 0.3) is 0 Å². The van der Waals surface area contributed by atoms with Gasteiger partial charge in [-0.1, -0.05) is 0 Å². The van der Waals surface area contributed by atoms with Gasteiger partial charge in [0.2, 0.25) is 15.9 Å². The van der Waals surface area contributed by atoms with Gasteiger partial charge in [0.15, 0.2) is 23.3 Å². The van der Waals surface area contributed by atoms with Gasteiger partial charge in [0, 0.05) is 32.4 Å². The molecule has 3 rings (SSSR count). The van der Waals surface area contributed by atoms with Crippen LogP contribution < -0.4 is 5.32 Å². The lowest BCUT2D eigenvalue weighted by Crippen LogP contribution is -2.43. The number of anilines is 1. The van der Waals surface area contributed by atoms with Crippen LogP contribution in [0.3, 0.4) is 0 Å². The topological polar surface area (TPSA) is 84.3 Å². The fourth-order valence-corrected chi connectivity index (χ4v) is 4.47. The molecule has 12 heteroatoms. The Balaban J connectivity index is 1.79. The first-order valence-corrected chi connectivity index (χ1v) is 9.68. The zero-order valence-electron chi connectivity index (χ0n) is 14.6. The van der Waals surface area contributed by atoms with Gasteiger partial charge in [-0.25, -0.2) is 26.0 Å². The maximum Gasteiger partial charge on any atom is 0.246 e. The summed E-state index contributed by atoms with van der Waals surface area (Å²) in [6.45, 7) is -0.0948. The highest BCUT2D eigenvalue weighted by Crippen LogP contribution is 2.27. The second-order valence-corrected chi connectivity index (χ2v) is 8.32. The molecule has 1 aliphatic rings. The molecule has 1 aromatic carbocycles. The van der Waals surface area contributed by atoms with Crippen LogP contribution in [0, 0.1) is 29.2 Å². The second-order valence-electron chi connectivity index (χ2n) is 6.38. The number of nitrogens with one attached hydrogen (secondary N) is 1. The van der Waals surface area contributed by atoms with Crippen molar-refractivity contribution in [3.05, 3.63) is 41.7 Å². The summed E-state index contributed by atoms with van der Waals surface area (Å²) < 4.78 is 81.7. The molecule has 2 aromatic rings. The summed E-state index contributed by atoms with van der Waals surface area (Å²) in [6, 6.07) is 0.0309. The molecule has 7 nitrogen and oxygen atoms in total. The quantitative estimate of drug-likeness (QED) is 0.606. The standard InChI is InChI=1S/C16H16F4N4O3S/c1-23-8-10(6-21-23)28(26,27)24-4-2-3-9(7-24)16(25)22-15-13(19)11(17)5-12(18)14(15)20/h5-6,8-9H,2-4,7H2,1H3,(H,22,25)/t9-/m1/s1. The minimum atomic E-state index is -3.91. The fourth-order valence-electron chi connectivity index (χ4n) is 2.96. The highest BCUT2D eigenvalue weighted by atomic mass is 32.2. The van der Waals surface area contributed by atoms with Crippen LogP contribution in [0.1, 0.15) is 12.8 Å². The van der Waals surface area contributed by atoms with Crippen molar-refractivity contribution in [1.29, 1.82) is 0 Å². The molecular formula is C16H16F4N4O3S. The number of aryl methyl sites for hydroxylation is 1. The molecule has 0 unspecified atom stereocenters. The average molecular weight is 420 g/mol. The maximum absolute atomic E-state index is 13.7. The first kappa shape index (κ1) is 20.3. The van der Waals surface area contributed by atoms with Gasteiger partial charge in [0.05, 0.1) is 12.1 Å². The van der Waals surface area contributed by atoms with Gasteiger partial charge in [0.25, 0.3) is 0 Å². The zero-order chi connectivity index (χ0) is 20.6. The Morgan fingerprint density at radius 1 is 1.21 bits per heavy atom. The smallest absolute Gasteiger partial charge is 0.246 e. The van der Waals surface area contributed by atoms with Crippen LogP contribution >= 0.6 is 0 Å². The molecule has 1 amide bonds. The van der Waals surface area contributed by atoms with E-state index in [1.165, 1.54) is 17.1 Å². The number of nitrogens with zero attached hydrogens (tertiary/aromatic N) is 3. The van der Waals surface area contributed by atoms with Gasteiger partial charge in [-0.3, -0.25) is 9.48 Å². The fraction of sp³-hybridized carbons (Fsp3) is 0.375. The molecule has 1 fully saturated rings. The highest BCUT2D eigenvalue weighted by molar-refractivity contribution is 7.89. The van der Waals surface area contributed by atoms with Gasteiger partial charge in [-0.15, -0.1) is 0 Å². The van der Waals surface area contributed by atoms with E-state index in [1.807, 2.05) is 5.32 Å². The van der Waals surface area contributed by atoms with Crippen molar-refractivity contribution in [3.63, 3.8) is 0 Å². The third kappa shape index (κ3) is 3.74. The first-order valence-electron chi connectivity index (χ1n) is 8.24. The van der Waals surface area contributed by atoms with E-state index < -0.39 is 50.8 Å². The lowest BCUT2D eigenvalue weighted by Gasteiger charge is -2.30.